The number of aliphatic hydroxyl groups is 1. The van der Waals surface area contributed by atoms with Gasteiger partial charge in [0.1, 0.15) is 5.82 Å². The summed E-state index contributed by atoms with van der Waals surface area (Å²) in [6.07, 6.45) is 3.02. The molecule has 0 radical (unpaired) electrons. The number of aliphatic hydroxyl groups excluding tert-OH is 1. The third-order valence-electron chi connectivity index (χ3n) is 2.46. The van der Waals surface area contributed by atoms with Crippen LogP contribution in [0.2, 0.25) is 0 Å². The van der Waals surface area contributed by atoms with E-state index in [0.717, 1.165) is 35.7 Å². The summed E-state index contributed by atoms with van der Waals surface area (Å²) in [7, 11) is 0. The molecule has 0 aliphatic rings. The molecule has 1 aromatic carbocycles. The van der Waals surface area contributed by atoms with Gasteiger partial charge in [0.25, 0.3) is 0 Å². The molecule has 0 spiro atoms. The van der Waals surface area contributed by atoms with Crippen molar-refractivity contribution in [3.8, 4) is 0 Å². The van der Waals surface area contributed by atoms with Gasteiger partial charge in [-0.3, -0.25) is 0 Å². The molecule has 1 atom stereocenters. The number of hydrogen-bond donors (Lipinski definition) is 1. The predicted octanol–water partition coefficient (Wildman–Crippen LogP) is 3.68. The normalized spacial score (nSPS) is 12.8. The molecule has 0 amide bonds. The summed E-state index contributed by atoms with van der Waals surface area (Å²) in [6.45, 7) is 1.96. The van der Waals surface area contributed by atoms with Crippen LogP contribution in [0.15, 0.2) is 22.7 Å². The molecule has 0 fully saturated rings. The van der Waals surface area contributed by atoms with E-state index in [1.807, 2.05) is 6.92 Å². The molecule has 1 N–H and O–H groups in total. The highest BCUT2D eigenvalue weighted by atomic mass is 79.9. The van der Waals surface area contributed by atoms with Crippen molar-refractivity contribution in [1.29, 1.82) is 0 Å². The molecule has 1 aromatic rings. The Morgan fingerprint density at radius 3 is 2.87 bits per heavy atom. The summed E-state index contributed by atoms with van der Waals surface area (Å²) in [5.74, 6) is -0.204. The Hall–Kier alpha value is -0.410. The Balaban J connectivity index is 2.46. The number of rotatable bonds is 5. The molecule has 0 saturated carbocycles. The molecular formula is C12H16BrFO. The van der Waals surface area contributed by atoms with Crippen molar-refractivity contribution in [2.75, 3.05) is 0 Å². The van der Waals surface area contributed by atoms with Crippen molar-refractivity contribution in [3.05, 3.63) is 34.1 Å². The van der Waals surface area contributed by atoms with Crippen molar-refractivity contribution in [2.45, 2.75) is 38.7 Å². The monoisotopic (exact) mass is 274 g/mol. The van der Waals surface area contributed by atoms with Crippen LogP contribution >= 0.6 is 15.9 Å². The molecule has 3 heteroatoms. The zero-order chi connectivity index (χ0) is 11.3. The summed E-state index contributed by atoms with van der Waals surface area (Å²) in [6, 6.07) is 4.71. The summed E-state index contributed by atoms with van der Waals surface area (Å²) in [5.41, 5.74) is 0.971. The van der Waals surface area contributed by atoms with E-state index >= 15 is 0 Å². The quantitative estimate of drug-likeness (QED) is 0.869. The highest BCUT2D eigenvalue weighted by Gasteiger charge is 2.04. The third-order valence-corrected chi connectivity index (χ3v) is 3.24. The Morgan fingerprint density at radius 1 is 1.47 bits per heavy atom. The van der Waals surface area contributed by atoms with Gasteiger partial charge in [-0.15, -0.1) is 0 Å². The molecular weight excluding hydrogens is 259 g/mol. The highest BCUT2D eigenvalue weighted by molar-refractivity contribution is 9.10. The fraction of sp³-hybridized carbons (Fsp3) is 0.500. The fourth-order valence-electron chi connectivity index (χ4n) is 1.47. The lowest BCUT2D eigenvalue weighted by Gasteiger charge is -2.08. The van der Waals surface area contributed by atoms with Gasteiger partial charge in [-0.25, -0.2) is 4.39 Å². The lowest BCUT2D eigenvalue weighted by Crippen LogP contribution is -2.04. The Bertz CT molecular complexity index is 314. The first-order valence-corrected chi connectivity index (χ1v) is 6.04. The van der Waals surface area contributed by atoms with E-state index in [1.165, 1.54) is 6.07 Å². The molecule has 0 aliphatic carbocycles. The molecule has 0 heterocycles. The van der Waals surface area contributed by atoms with Gasteiger partial charge in [0.2, 0.25) is 0 Å². The van der Waals surface area contributed by atoms with E-state index in [9.17, 15) is 9.50 Å². The second-order valence-corrected chi connectivity index (χ2v) is 4.54. The zero-order valence-electron chi connectivity index (χ0n) is 8.84. The Kier molecular flexibility index (Phi) is 5.26. The molecule has 84 valence electrons. The minimum atomic E-state index is -0.225. The summed E-state index contributed by atoms with van der Waals surface area (Å²) in [5, 5.41) is 9.37. The van der Waals surface area contributed by atoms with E-state index in [4.69, 9.17) is 0 Å². The van der Waals surface area contributed by atoms with Gasteiger partial charge < -0.3 is 5.11 Å². The van der Waals surface area contributed by atoms with Crippen LogP contribution in [0.5, 0.6) is 0 Å². The molecule has 0 aromatic heterocycles. The molecule has 1 nitrogen and oxygen atoms in total. The number of hydrogen-bond acceptors (Lipinski definition) is 1. The van der Waals surface area contributed by atoms with Crippen LogP contribution in [0, 0.1) is 5.82 Å². The summed E-state index contributed by atoms with van der Waals surface area (Å²) >= 11 is 3.39. The molecule has 0 aliphatic heterocycles. The molecule has 0 bridgehead atoms. The van der Waals surface area contributed by atoms with Crippen molar-refractivity contribution < 1.29 is 9.50 Å². The number of aryl methyl sites for hydroxylation is 1. The maximum atomic E-state index is 12.9. The lowest BCUT2D eigenvalue weighted by molar-refractivity contribution is 0.157. The van der Waals surface area contributed by atoms with Gasteiger partial charge in [-0.1, -0.05) is 22.9 Å². The SMILES string of the molecule is CCC(O)CCCc1cc(F)ccc1Br. The first-order valence-electron chi connectivity index (χ1n) is 5.25. The van der Waals surface area contributed by atoms with E-state index in [1.54, 1.807) is 12.1 Å². The van der Waals surface area contributed by atoms with Crippen LogP contribution in [-0.2, 0) is 6.42 Å². The minimum absolute atomic E-state index is 0.204. The van der Waals surface area contributed by atoms with Crippen molar-refractivity contribution in [3.63, 3.8) is 0 Å². The molecule has 1 rings (SSSR count). The smallest absolute Gasteiger partial charge is 0.123 e. The first kappa shape index (κ1) is 12.7. The van der Waals surface area contributed by atoms with Gasteiger partial charge >= 0.3 is 0 Å². The minimum Gasteiger partial charge on any atom is -0.393 e. The standard InChI is InChI=1S/C12H16BrFO/c1-2-11(15)5-3-4-9-8-10(14)6-7-12(9)13/h6-8,11,15H,2-5H2,1H3. The average molecular weight is 275 g/mol. The predicted molar refractivity (Wildman–Crippen MR) is 63.3 cm³/mol. The second-order valence-electron chi connectivity index (χ2n) is 3.69. The summed E-state index contributed by atoms with van der Waals surface area (Å²) < 4.78 is 13.9. The Labute approximate surface area is 98.4 Å². The molecule has 15 heavy (non-hydrogen) atoms. The molecule has 0 saturated heterocycles. The number of halogens is 2. The van der Waals surface area contributed by atoms with E-state index < -0.39 is 0 Å². The maximum Gasteiger partial charge on any atom is 0.123 e. The van der Waals surface area contributed by atoms with E-state index in [-0.39, 0.29) is 11.9 Å². The average Bonchev–Trinajstić information content (AvgIpc) is 2.23. The topological polar surface area (TPSA) is 20.2 Å². The highest BCUT2D eigenvalue weighted by Crippen LogP contribution is 2.20. The van der Waals surface area contributed by atoms with Gasteiger partial charge in [0.05, 0.1) is 6.10 Å². The van der Waals surface area contributed by atoms with Gasteiger partial charge in [-0.2, -0.15) is 0 Å². The van der Waals surface area contributed by atoms with E-state index in [0.29, 0.717) is 0 Å². The molecule has 1 unspecified atom stereocenters. The fourth-order valence-corrected chi connectivity index (χ4v) is 1.91. The van der Waals surface area contributed by atoms with Gasteiger partial charge in [-0.05, 0) is 49.4 Å². The number of benzene rings is 1. The first-order chi connectivity index (χ1) is 7.13. The van der Waals surface area contributed by atoms with Crippen LogP contribution in [0.4, 0.5) is 4.39 Å². The van der Waals surface area contributed by atoms with Crippen LogP contribution in [0.3, 0.4) is 0 Å². The maximum absolute atomic E-state index is 12.9. The van der Waals surface area contributed by atoms with E-state index in [2.05, 4.69) is 15.9 Å². The van der Waals surface area contributed by atoms with Gasteiger partial charge in [0.15, 0.2) is 0 Å². The van der Waals surface area contributed by atoms with Crippen molar-refractivity contribution >= 4 is 15.9 Å². The summed E-state index contributed by atoms with van der Waals surface area (Å²) in [4.78, 5) is 0. The van der Waals surface area contributed by atoms with Crippen LogP contribution < -0.4 is 0 Å². The van der Waals surface area contributed by atoms with Crippen LogP contribution in [-0.4, -0.2) is 11.2 Å². The Morgan fingerprint density at radius 2 is 2.20 bits per heavy atom. The largest absolute Gasteiger partial charge is 0.393 e. The van der Waals surface area contributed by atoms with Crippen LogP contribution in [0.1, 0.15) is 31.7 Å². The van der Waals surface area contributed by atoms with Gasteiger partial charge in [0, 0.05) is 4.47 Å². The van der Waals surface area contributed by atoms with Crippen molar-refractivity contribution in [2.24, 2.45) is 0 Å². The second kappa shape index (κ2) is 6.23. The van der Waals surface area contributed by atoms with Crippen molar-refractivity contribution in [1.82, 2.24) is 0 Å². The third kappa shape index (κ3) is 4.31. The zero-order valence-corrected chi connectivity index (χ0v) is 10.4. The lowest BCUT2D eigenvalue weighted by atomic mass is 10.0. The van der Waals surface area contributed by atoms with Crippen LogP contribution in [0.25, 0.3) is 0 Å².